The second-order valence-corrected chi connectivity index (χ2v) is 8.36. The van der Waals surface area contributed by atoms with Gasteiger partial charge in [0, 0.05) is 30.2 Å². The predicted molar refractivity (Wildman–Crippen MR) is 110 cm³/mol. The minimum Gasteiger partial charge on any atom is -0.492 e. The first-order valence-corrected chi connectivity index (χ1v) is 10.9. The number of hydrogen-bond acceptors (Lipinski definition) is 7. The topological polar surface area (TPSA) is 137 Å². The van der Waals surface area contributed by atoms with Crippen molar-refractivity contribution in [1.29, 1.82) is 0 Å². The third kappa shape index (κ3) is 5.91. The van der Waals surface area contributed by atoms with Crippen LogP contribution in [0.1, 0.15) is 17.4 Å². The summed E-state index contributed by atoms with van der Waals surface area (Å²) in [6.07, 6.45) is 0.293. The van der Waals surface area contributed by atoms with Crippen molar-refractivity contribution in [2.24, 2.45) is 0 Å². The number of aliphatic hydroxyl groups is 2. The first-order valence-electron chi connectivity index (χ1n) is 9.03. The van der Waals surface area contributed by atoms with Crippen molar-refractivity contribution in [3.8, 4) is 5.75 Å². The molecule has 10 heteroatoms. The van der Waals surface area contributed by atoms with Gasteiger partial charge in [-0.3, -0.25) is 9.82 Å². The van der Waals surface area contributed by atoms with Crippen LogP contribution >= 0.6 is 0 Å². The molecule has 5 N–H and O–H groups in total. The summed E-state index contributed by atoms with van der Waals surface area (Å²) in [4.78, 5) is 0. The van der Waals surface area contributed by atoms with Crippen molar-refractivity contribution >= 4 is 26.6 Å². The van der Waals surface area contributed by atoms with Crippen LogP contribution in [0.2, 0.25) is 0 Å². The number of nitrogens with zero attached hydrogens (tertiary/aromatic N) is 1. The van der Waals surface area contributed by atoms with E-state index in [4.69, 9.17) is 4.74 Å². The van der Waals surface area contributed by atoms with Crippen LogP contribution in [0.15, 0.2) is 42.5 Å². The van der Waals surface area contributed by atoms with E-state index in [1.807, 2.05) is 12.1 Å². The highest BCUT2D eigenvalue weighted by atomic mass is 32.2. The molecular weight excluding hydrogens is 396 g/mol. The quantitative estimate of drug-likeness (QED) is 0.310. The van der Waals surface area contributed by atoms with Gasteiger partial charge >= 0.3 is 0 Å². The van der Waals surface area contributed by atoms with E-state index in [2.05, 4.69) is 20.2 Å². The summed E-state index contributed by atoms with van der Waals surface area (Å²) in [7, 11) is -3.37. The number of aromatic amines is 1. The molecule has 9 nitrogen and oxygen atoms in total. The lowest BCUT2D eigenvalue weighted by Crippen LogP contribution is -2.26. The van der Waals surface area contributed by atoms with Crippen LogP contribution in [0.5, 0.6) is 5.75 Å². The first-order chi connectivity index (χ1) is 13.9. The summed E-state index contributed by atoms with van der Waals surface area (Å²) in [6.45, 7) is 1.10. The molecule has 0 bridgehead atoms. The Morgan fingerprint density at radius 3 is 2.83 bits per heavy atom. The van der Waals surface area contributed by atoms with Crippen LogP contribution in [-0.2, 0) is 16.6 Å². The van der Waals surface area contributed by atoms with Crippen molar-refractivity contribution < 1.29 is 23.4 Å². The number of ether oxygens (including phenoxy) is 1. The molecular formula is C19H24N4O5S. The molecule has 3 rings (SSSR count). The third-order valence-corrected chi connectivity index (χ3v) is 4.83. The summed E-state index contributed by atoms with van der Waals surface area (Å²) in [5.74, 6) is 0.662. The highest BCUT2D eigenvalue weighted by molar-refractivity contribution is 7.92. The van der Waals surface area contributed by atoms with Crippen LogP contribution in [0.4, 0.5) is 5.69 Å². The van der Waals surface area contributed by atoms with Crippen LogP contribution < -0.4 is 14.8 Å². The van der Waals surface area contributed by atoms with E-state index in [-0.39, 0.29) is 6.61 Å². The fourth-order valence-corrected chi connectivity index (χ4v) is 3.43. The fraction of sp³-hybridized carbons (Fsp3) is 0.316. The first kappa shape index (κ1) is 21.1. The lowest BCUT2D eigenvalue weighted by atomic mass is 10.1. The van der Waals surface area contributed by atoms with Gasteiger partial charge in [-0.1, -0.05) is 12.1 Å². The zero-order valence-electron chi connectivity index (χ0n) is 15.9. The summed E-state index contributed by atoms with van der Waals surface area (Å²) in [6, 6.07) is 12.1. The monoisotopic (exact) mass is 420 g/mol. The molecule has 0 amide bonds. The number of sulfonamides is 1. The number of nitrogens with one attached hydrogen (secondary N) is 3. The summed E-state index contributed by atoms with van der Waals surface area (Å²) < 4.78 is 30.7. The normalized spacial score (nSPS) is 12.8. The molecule has 29 heavy (non-hydrogen) atoms. The van der Waals surface area contributed by atoms with Gasteiger partial charge in [-0.05, 0) is 29.8 Å². The number of anilines is 1. The van der Waals surface area contributed by atoms with Crippen LogP contribution in [-0.4, -0.2) is 54.8 Å². The molecule has 0 fully saturated rings. The van der Waals surface area contributed by atoms with Crippen molar-refractivity contribution in [3.05, 3.63) is 53.7 Å². The zero-order chi connectivity index (χ0) is 20.9. The summed E-state index contributed by atoms with van der Waals surface area (Å²) in [5.41, 5.74) is 2.40. The van der Waals surface area contributed by atoms with Crippen molar-refractivity contribution in [2.75, 3.05) is 30.7 Å². The Bertz CT molecular complexity index is 1070. The van der Waals surface area contributed by atoms with Gasteiger partial charge in [0.1, 0.15) is 12.4 Å². The molecule has 156 valence electrons. The second kappa shape index (κ2) is 9.23. The highest BCUT2D eigenvalue weighted by Crippen LogP contribution is 2.22. The van der Waals surface area contributed by atoms with Crippen LogP contribution in [0, 0.1) is 0 Å². The number of benzene rings is 2. The molecule has 0 aliphatic carbocycles. The van der Waals surface area contributed by atoms with E-state index in [9.17, 15) is 18.6 Å². The maximum absolute atomic E-state index is 11.3. The molecule has 0 spiro atoms. The molecule has 0 saturated carbocycles. The maximum Gasteiger partial charge on any atom is 0.229 e. The Kier molecular flexibility index (Phi) is 6.70. The van der Waals surface area contributed by atoms with Crippen molar-refractivity contribution in [1.82, 2.24) is 15.5 Å². The lowest BCUT2D eigenvalue weighted by Gasteiger charge is -2.14. The molecule has 1 aromatic heterocycles. The van der Waals surface area contributed by atoms with E-state index < -0.39 is 16.1 Å². The Balaban J connectivity index is 1.45. The lowest BCUT2D eigenvalue weighted by molar-refractivity contribution is 0.172. The van der Waals surface area contributed by atoms with E-state index >= 15 is 0 Å². The molecule has 1 atom stereocenters. The summed E-state index contributed by atoms with van der Waals surface area (Å²) in [5, 5.41) is 30.4. The number of rotatable bonds is 10. The number of fused-ring (bicyclic) bond motifs is 1. The highest BCUT2D eigenvalue weighted by Gasteiger charge is 2.10. The van der Waals surface area contributed by atoms with E-state index in [1.165, 1.54) is 0 Å². The fourth-order valence-electron chi connectivity index (χ4n) is 2.88. The summed E-state index contributed by atoms with van der Waals surface area (Å²) >= 11 is 0. The number of aromatic nitrogens is 2. The standard InChI is InChI=1S/C19H24N4O5S/c1-29(26,27)23-14-4-2-3-13(9-14)19(25)11-20-7-8-28-15-5-6-16-17(10-15)21-22-18(16)12-24/h2-6,9-10,19-20,23-25H,7-8,11-12H2,1H3,(H,21,22)/t19-/m0/s1. The largest absolute Gasteiger partial charge is 0.492 e. The van der Waals surface area contributed by atoms with Crippen LogP contribution in [0.25, 0.3) is 10.9 Å². The molecule has 3 aromatic rings. The molecule has 1 heterocycles. The smallest absolute Gasteiger partial charge is 0.229 e. The van der Waals surface area contributed by atoms with Crippen molar-refractivity contribution in [3.63, 3.8) is 0 Å². The minimum atomic E-state index is -3.37. The zero-order valence-corrected chi connectivity index (χ0v) is 16.7. The Morgan fingerprint density at radius 1 is 1.24 bits per heavy atom. The number of H-pyrrole nitrogens is 1. The predicted octanol–water partition coefficient (Wildman–Crippen LogP) is 1.13. The van der Waals surface area contributed by atoms with Gasteiger partial charge in [-0.2, -0.15) is 5.10 Å². The van der Waals surface area contributed by atoms with Crippen LogP contribution in [0.3, 0.4) is 0 Å². The van der Waals surface area contributed by atoms with E-state index in [0.29, 0.717) is 42.4 Å². The molecule has 0 aliphatic rings. The van der Waals surface area contributed by atoms with Gasteiger partial charge in [-0.25, -0.2) is 8.42 Å². The van der Waals surface area contributed by atoms with Crippen molar-refractivity contribution in [2.45, 2.75) is 12.7 Å². The van der Waals surface area contributed by atoms with E-state index in [1.54, 1.807) is 30.3 Å². The number of hydrogen-bond donors (Lipinski definition) is 5. The van der Waals surface area contributed by atoms with E-state index in [0.717, 1.165) is 17.2 Å². The van der Waals surface area contributed by atoms with Gasteiger partial charge in [0.15, 0.2) is 0 Å². The number of aliphatic hydroxyl groups excluding tert-OH is 2. The minimum absolute atomic E-state index is 0.101. The molecule has 0 aliphatic heterocycles. The Labute approximate surface area is 168 Å². The molecule has 0 saturated heterocycles. The van der Waals surface area contributed by atoms with Gasteiger partial charge in [0.2, 0.25) is 10.0 Å². The Morgan fingerprint density at radius 2 is 2.07 bits per heavy atom. The van der Waals surface area contributed by atoms with Gasteiger partial charge in [-0.15, -0.1) is 0 Å². The second-order valence-electron chi connectivity index (χ2n) is 6.61. The molecule has 0 radical (unpaired) electrons. The average Bonchev–Trinajstić information content (AvgIpc) is 3.08. The molecule has 0 unspecified atom stereocenters. The van der Waals surface area contributed by atoms with Gasteiger partial charge in [0.05, 0.1) is 30.2 Å². The molecule has 2 aromatic carbocycles. The third-order valence-electron chi connectivity index (χ3n) is 4.22. The Hall–Kier alpha value is -2.66. The maximum atomic E-state index is 11.3. The van der Waals surface area contributed by atoms with Gasteiger partial charge in [0.25, 0.3) is 0 Å². The SMILES string of the molecule is CS(=O)(=O)Nc1cccc([C@@H](O)CNCCOc2ccc3c(CO)[nH]nc3c2)c1. The van der Waals surface area contributed by atoms with Gasteiger partial charge < -0.3 is 20.3 Å². The average molecular weight is 420 g/mol.